The summed E-state index contributed by atoms with van der Waals surface area (Å²) in [6.07, 6.45) is 0. The monoisotopic (exact) mass is 223 g/mol. The summed E-state index contributed by atoms with van der Waals surface area (Å²) in [5.74, 6) is -0.0862. The van der Waals surface area contributed by atoms with Gasteiger partial charge in [-0.1, -0.05) is 0 Å². The molecule has 0 heterocycles. The summed E-state index contributed by atoms with van der Waals surface area (Å²) in [6.45, 7) is 2.43. The van der Waals surface area contributed by atoms with Gasteiger partial charge in [0.15, 0.2) is 0 Å². The van der Waals surface area contributed by atoms with Crippen LogP contribution in [0.4, 0.5) is 4.79 Å². The van der Waals surface area contributed by atoms with Crippen molar-refractivity contribution >= 4 is 16.1 Å². The first-order chi connectivity index (χ1) is 6.40. The number of carbonyl (C=O) groups is 1. The molecule has 0 aliphatic carbocycles. The first kappa shape index (κ1) is 13.2. The molecule has 0 rings (SSSR count). The van der Waals surface area contributed by atoms with Crippen LogP contribution in [0.15, 0.2) is 0 Å². The summed E-state index contributed by atoms with van der Waals surface area (Å²) in [5.41, 5.74) is 0. The Hall–Kier alpha value is -0.820. The summed E-state index contributed by atoms with van der Waals surface area (Å²) in [7, 11) is -0.298. The molecule has 0 aromatic heterocycles. The van der Waals surface area contributed by atoms with Crippen LogP contribution in [-0.2, 0) is 10.0 Å². The van der Waals surface area contributed by atoms with E-state index >= 15 is 0 Å². The normalized spacial score (nSPS) is 11.4. The van der Waals surface area contributed by atoms with Crippen LogP contribution in [0.1, 0.15) is 6.92 Å². The first-order valence-corrected chi connectivity index (χ1v) is 5.93. The number of nitrogens with zero attached hydrogens (tertiary/aromatic N) is 1. The molecule has 0 bridgehead atoms. The van der Waals surface area contributed by atoms with Crippen LogP contribution in [0.2, 0.25) is 0 Å². The van der Waals surface area contributed by atoms with Crippen molar-refractivity contribution in [1.29, 1.82) is 0 Å². The molecule has 7 heteroatoms. The lowest BCUT2D eigenvalue weighted by atomic mass is 10.7. The van der Waals surface area contributed by atoms with Crippen LogP contribution < -0.4 is 10.6 Å². The van der Waals surface area contributed by atoms with Crippen LogP contribution in [0, 0.1) is 0 Å². The molecule has 2 amide bonds. The molecule has 0 aliphatic rings. The molecule has 0 aromatic rings. The second-order valence-corrected chi connectivity index (χ2v) is 5.19. The van der Waals surface area contributed by atoms with Crippen molar-refractivity contribution < 1.29 is 13.2 Å². The minimum absolute atomic E-state index is 0.0862. The maximum absolute atomic E-state index is 11.2. The van der Waals surface area contributed by atoms with E-state index in [2.05, 4.69) is 10.6 Å². The summed E-state index contributed by atoms with van der Waals surface area (Å²) >= 11 is 0. The number of rotatable bonds is 5. The second-order valence-electron chi connectivity index (χ2n) is 2.88. The average Bonchev–Trinajstić information content (AvgIpc) is 2.04. The van der Waals surface area contributed by atoms with Crippen molar-refractivity contribution in [2.24, 2.45) is 0 Å². The minimum Gasteiger partial charge on any atom is -0.338 e. The Morgan fingerprint density at radius 3 is 2.29 bits per heavy atom. The maximum atomic E-state index is 11.2. The minimum atomic E-state index is -3.22. The molecular weight excluding hydrogens is 206 g/mol. The van der Waals surface area contributed by atoms with E-state index < -0.39 is 10.0 Å². The van der Waals surface area contributed by atoms with E-state index in [0.717, 1.165) is 4.31 Å². The van der Waals surface area contributed by atoms with E-state index in [1.165, 1.54) is 14.1 Å². The number of carbonyl (C=O) groups excluding carboxylic acids is 1. The highest BCUT2D eigenvalue weighted by Crippen LogP contribution is 1.91. The Kier molecular flexibility index (Phi) is 5.47. The zero-order valence-electron chi connectivity index (χ0n) is 8.70. The summed E-state index contributed by atoms with van der Waals surface area (Å²) in [5, 5.41) is 4.94. The van der Waals surface area contributed by atoms with Gasteiger partial charge in [0, 0.05) is 27.2 Å². The van der Waals surface area contributed by atoms with Crippen molar-refractivity contribution in [2.75, 3.05) is 32.9 Å². The van der Waals surface area contributed by atoms with Crippen LogP contribution in [0.5, 0.6) is 0 Å². The molecular formula is C7H17N3O3S. The molecule has 84 valence electrons. The second kappa shape index (κ2) is 5.82. The number of sulfonamides is 1. The van der Waals surface area contributed by atoms with Crippen LogP contribution >= 0.6 is 0 Å². The Morgan fingerprint density at radius 2 is 1.86 bits per heavy atom. The molecule has 14 heavy (non-hydrogen) atoms. The van der Waals surface area contributed by atoms with Gasteiger partial charge >= 0.3 is 6.03 Å². The summed E-state index contributed by atoms with van der Waals surface area (Å²) in [6, 6.07) is -0.346. The smallest absolute Gasteiger partial charge is 0.314 e. The standard InChI is InChI=1S/C7H17N3O3S/c1-4-8-7(11)9-5-6-14(12,13)10(2)3/h4-6H2,1-3H3,(H2,8,9,11). The molecule has 0 unspecified atom stereocenters. The van der Waals surface area contributed by atoms with Gasteiger partial charge in [-0.05, 0) is 6.92 Å². The van der Waals surface area contributed by atoms with Gasteiger partial charge in [0.25, 0.3) is 0 Å². The van der Waals surface area contributed by atoms with Gasteiger partial charge in [0.05, 0.1) is 5.75 Å². The maximum Gasteiger partial charge on any atom is 0.314 e. The van der Waals surface area contributed by atoms with E-state index in [4.69, 9.17) is 0 Å². The Morgan fingerprint density at radius 1 is 1.29 bits per heavy atom. The van der Waals surface area contributed by atoms with Crippen LogP contribution in [0.25, 0.3) is 0 Å². The predicted molar refractivity (Wildman–Crippen MR) is 54.5 cm³/mol. The Bertz CT molecular complexity index is 274. The number of urea groups is 1. The zero-order chi connectivity index (χ0) is 11.2. The lowest BCUT2D eigenvalue weighted by Gasteiger charge is -2.11. The molecule has 0 radical (unpaired) electrons. The average molecular weight is 223 g/mol. The van der Waals surface area contributed by atoms with E-state index in [9.17, 15) is 13.2 Å². The molecule has 0 aromatic carbocycles. The lowest BCUT2D eigenvalue weighted by Crippen LogP contribution is -2.39. The number of amides is 2. The molecule has 0 saturated heterocycles. The van der Waals surface area contributed by atoms with Crippen molar-refractivity contribution in [3.63, 3.8) is 0 Å². The zero-order valence-corrected chi connectivity index (χ0v) is 9.52. The highest BCUT2D eigenvalue weighted by atomic mass is 32.2. The van der Waals surface area contributed by atoms with Crippen LogP contribution in [0.3, 0.4) is 0 Å². The molecule has 0 spiro atoms. The van der Waals surface area contributed by atoms with Crippen molar-refractivity contribution in [3.05, 3.63) is 0 Å². The van der Waals surface area contributed by atoms with Gasteiger partial charge in [0.1, 0.15) is 0 Å². The van der Waals surface area contributed by atoms with E-state index in [-0.39, 0.29) is 18.3 Å². The fourth-order valence-corrected chi connectivity index (χ4v) is 1.42. The fourth-order valence-electron chi connectivity index (χ4n) is 0.699. The lowest BCUT2D eigenvalue weighted by molar-refractivity contribution is 0.242. The van der Waals surface area contributed by atoms with Gasteiger partial charge in [-0.3, -0.25) is 0 Å². The molecule has 0 atom stereocenters. The third-order valence-corrected chi connectivity index (χ3v) is 3.37. The SMILES string of the molecule is CCNC(=O)NCCS(=O)(=O)N(C)C. The number of hydrogen-bond donors (Lipinski definition) is 2. The molecule has 0 saturated carbocycles. The molecule has 0 fully saturated rings. The summed E-state index contributed by atoms with van der Waals surface area (Å²) < 4.78 is 23.6. The van der Waals surface area contributed by atoms with E-state index in [0.29, 0.717) is 6.54 Å². The third-order valence-electron chi connectivity index (χ3n) is 1.54. The number of hydrogen-bond acceptors (Lipinski definition) is 3. The van der Waals surface area contributed by atoms with Crippen molar-refractivity contribution in [1.82, 2.24) is 14.9 Å². The Labute approximate surface area is 84.7 Å². The van der Waals surface area contributed by atoms with Gasteiger partial charge in [-0.2, -0.15) is 0 Å². The fraction of sp³-hybridized carbons (Fsp3) is 0.857. The topological polar surface area (TPSA) is 78.5 Å². The van der Waals surface area contributed by atoms with Crippen LogP contribution in [-0.4, -0.2) is 51.7 Å². The largest absolute Gasteiger partial charge is 0.338 e. The highest BCUT2D eigenvalue weighted by molar-refractivity contribution is 7.89. The summed E-state index contributed by atoms with van der Waals surface area (Å²) in [4.78, 5) is 10.9. The van der Waals surface area contributed by atoms with Gasteiger partial charge in [-0.25, -0.2) is 17.5 Å². The van der Waals surface area contributed by atoms with Gasteiger partial charge in [0.2, 0.25) is 10.0 Å². The van der Waals surface area contributed by atoms with E-state index in [1.54, 1.807) is 6.92 Å². The van der Waals surface area contributed by atoms with Crippen molar-refractivity contribution in [3.8, 4) is 0 Å². The molecule has 2 N–H and O–H groups in total. The third kappa shape index (κ3) is 5.03. The Balaban J connectivity index is 3.80. The first-order valence-electron chi connectivity index (χ1n) is 4.32. The van der Waals surface area contributed by atoms with Gasteiger partial charge in [-0.15, -0.1) is 0 Å². The molecule has 0 aliphatic heterocycles. The predicted octanol–water partition coefficient (Wildman–Crippen LogP) is -0.803. The van der Waals surface area contributed by atoms with Crippen molar-refractivity contribution in [2.45, 2.75) is 6.92 Å². The van der Waals surface area contributed by atoms with Gasteiger partial charge < -0.3 is 10.6 Å². The number of nitrogens with one attached hydrogen (secondary N) is 2. The highest BCUT2D eigenvalue weighted by Gasteiger charge is 2.12. The quantitative estimate of drug-likeness (QED) is 0.640. The van der Waals surface area contributed by atoms with E-state index in [1.807, 2.05) is 0 Å². The molecule has 6 nitrogen and oxygen atoms in total.